The van der Waals surface area contributed by atoms with E-state index in [9.17, 15) is 9.59 Å². The van der Waals surface area contributed by atoms with Gasteiger partial charge in [0.2, 0.25) is 5.91 Å². The maximum atomic E-state index is 12.4. The molecule has 0 aromatic heterocycles. The van der Waals surface area contributed by atoms with Gasteiger partial charge in [-0.15, -0.1) is 0 Å². The third kappa shape index (κ3) is 7.59. The van der Waals surface area contributed by atoms with Crippen LogP contribution >= 0.6 is 0 Å². The van der Waals surface area contributed by atoms with Crippen LogP contribution in [-0.2, 0) is 16.0 Å². The van der Waals surface area contributed by atoms with Crippen molar-refractivity contribution in [2.45, 2.75) is 65.0 Å². The lowest BCUT2D eigenvalue weighted by atomic mass is 10.0. The Morgan fingerprint density at radius 3 is 2.52 bits per heavy atom. The Kier molecular flexibility index (Phi) is 7.66. The van der Waals surface area contributed by atoms with E-state index in [4.69, 9.17) is 4.74 Å². The maximum Gasteiger partial charge on any atom is 0.407 e. The fraction of sp³-hybridized carbons (Fsp3) is 0.619. The molecule has 0 radical (unpaired) electrons. The van der Waals surface area contributed by atoms with E-state index in [1.165, 1.54) is 5.56 Å². The molecule has 1 aromatic rings. The van der Waals surface area contributed by atoms with Gasteiger partial charge in [0.05, 0.1) is 6.54 Å². The molecule has 1 atom stereocenters. The molecule has 6 nitrogen and oxygen atoms in total. The zero-order valence-electron chi connectivity index (χ0n) is 17.0. The quantitative estimate of drug-likeness (QED) is 0.797. The van der Waals surface area contributed by atoms with Gasteiger partial charge in [-0.05, 0) is 64.3 Å². The molecule has 1 aliphatic rings. The minimum absolute atomic E-state index is 0.0246. The van der Waals surface area contributed by atoms with E-state index in [1.807, 2.05) is 45.0 Å². The summed E-state index contributed by atoms with van der Waals surface area (Å²) in [7, 11) is 0. The number of rotatable bonds is 6. The van der Waals surface area contributed by atoms with Gasteiger partial charge in [-0.3, -0.25) is 9.69 Å². The number of hydrogen-bond donors (Lipinski definition) is 2. The number of amides is 2. The number of aryl methyl sites for hydroxylation is 1. The molecule has 150 valence electrons. The Morgan fingerprint density at radius 1 is 1.19 bits per heavy atom. The number of hydrogen-bond acceptors (Lipinski definition) is 4. The summed E-state index contributed by atoms with van der Waals surface area (Å²) in [6, 6.07) is 8.09. The average molecular weight is 376 g/mol. The standard InChI is InChI=1S/C21H33N3O3/c1-5-16-9-11-17(12-10-16)23-19(25)15-24-13-7-6-8-18(24)14-22-20(26)27-21(2,3)4/h9-12,18H,5-8,13-15H2,1-4H3,(H,22,26)(H,23,25). The molecule has 1 heterocycles. The third-order valence-corrected chi connectivity index (χ3v) is 4.62. The van der Waals surface area contributed by atoms with Crippen molar-refractivity contribution < 1.29 is 14.3 Å². The van der Waals surface area contributed by atoms with Crippen molar-refractivity contribution in [3.63, 3.8) is 0 Å². The first kappa shape index (κ1) is 21.2. The van der Waals surface area contributed by atoms with Gasteiger partial charge in [0.15, 0.2) is 0 Å². The van der Waals surface area contributed by atoms with Crippen LogP contribution in [0.5, 0.6) is 0 Å². The second kappa shape index (κ2) is 9.74. The summed E-state index contributed by atoms with van der Waals surface area (Å²) in [6.45, 7) is 9.33. The highest BCUT2D eigenvalue weighted by Crippen LogP contribution is 2.17. The van der Waals surface area contributed by atoms with E-state index in [0.717, 1.165) is 37.9 Å². The smallest absolute Gasteiger partial charge is 0.407 e. The molecule has 6 heteroatoms. The van der Waals surface area contributed by atoms with Crippen LogP contribution < -0.4 is 10.6 Å². The van der Waals surface area contributed by atoms with Gasteiger partial charge in [-0.2, -0.15) is 0 Å². The molecular formula is C21H33N3O3. The number of ether oxygens (including phenoxy) is 1. The Bertz CT molecular complexity index is 623. The van der Waals surface area contributed by atoms with Crippen molar-refractivity contribution in [1.29, 1.82) is 0 Å². The molecule has 27 heavy (non-hydrogen) atoms. The predicted molar refractivity (Wildman–Crippen MR) is 108 cm³/mol. The highest BCUT2D eigenvalue weighted by molar-refractivity contribution is 5.92. The molecule has 2 rings (SSSR count). The first-order chi connectivity index (χ1) is 12.8. The lowest BCUT2D eigenvalue weighted by Gasteiger charge is -2.35. The van der Waals surface area contributed by atoms with Crippen molar-refractivity contribution in [2.24, 2.45) is 0 Å². The fourth-order valence-electron chi connectivity index (χ4n) is 3.22. The van der Waals surface area contributed by atoms with Crippen LogP contribution in [0, 0.1) is 0 Å². The van der Waals surface area contributed by atoms with Crippen LogP contribution in [0.25, 0.3) is 0 Å². The molecule has 1 fully saturated rings. The van der Waals surface area contributed by atoms with E-state index in [1.54, 1.807) is 0 Å². The van der Waals surface area contributed by atoms with Crippen LogP contribution in [0.2, 0.25) is 0 Å². The van der Waals surface area contributed by atoms with Crippen molar-refractivity contribution in [3.8, 4) is 0 Å². The number of piperidine rings is 1. The summed E-state index contributed by atoms with van der Waals surface area (Å²) < 4.78 is 5.30. The molecule has 0 bridgehead atoms. The van der Waals surface area contributed by atoms with E-state index >= 15 is 0 Å². The van der Waals surface area contributed by atoms with E-state index < -0.39 is 11.7 Å². The molecule has 1 saturated heterocycles. The number of anilines is 1. The average Bonchev–Trinajstić information content (AvgIpc) is 2.60. The summed E-state index contributed by atoms with van der Waals surface area (Å²) in [5.74, 6) is -0.0246. The summed E-state index contributed by atoms with van der Waals surface area (Å²) in [6.07, 6.45) is 3.72. The Labute approximate surface area is 162 Å². The molecule has 1 aliphatic heterocycles. The van der Waals surface area contributed by atoms with Gasteiger partial charge < -0.3 is 15.4 Å². The summed E-state index contributed by atoms with van der Waals surface area (Å²) in [4.78, 5) is 26.5. The van der Waals surface area contributed by atoms with Crippen molar-refractivity contribution in [3.05, 3.63) is 29.8 Å². The highest BCUT2D eigenvalue weighted by atomic mass is 16.6. The first-order valence-corrected chi connectivity index (χ1v) is 9.86. The number of alkyl carbamates (subject to hydrolysis) is 1. The number of carbonyl (C=O) groups excluding carboxylic acids is 2. The second-order valence-electron chi connectivity index (χ2n) is 8.10. The summed E-state index contributed by atoms with van der Waals surface area (Å²) >= 11 is 0. The monoisotopic (exact) mass is 375 g/mol. The normalized spacial score (nSPS) is 18.0. The van der Waals surface area contributed by atoms with E-state index in [0.29, 0.717) is 13.1 Å². The van der Waals surface area contributed by atoms with Gasteiger partial charge in [-0.1, -0.05) is 25.5 Å². The van der Waals surface area contributed by atoms with Gasteiger partial charge in [-0.25, -0.2) is 4.79 Å². The Balaban J connectivity index is 1.84. The van der Waals surface area contributed by atoms with Crippen molar-refractivity contribution >= 4 is 17.7 Å². The van der Waals surface area contributed by atoms with Gasteiger partial charge in [0, 0.05) is 18.3 Å². The van der Waals surface area contributed by atoms with Gasteiger partial charge >= 0.3 is 6.09 Å². The van der Waals surface area contributed by atoms with Crippen molar-refractivity contribution in [1.82, 2.24) is 10.2 Å². The number of nitrogens with zero attached hydrogens (tertiary/aromatic N) is 1. The summed E-state index contributed by atoms with van der Waals surface area (Å²) in [5, 5.41) is 5.80. The van der Waals surface area contributed by atoms with Crippen LogP contribution in [0.3, 0.4) is 0 Å². The van der Waals surface area contributed by atoms with Crippen LogP contribution in [0.15, 0.2) is 24.3 Å². The number of nitrogens with one attached hydrogen (secondary N) is 2. The van der Waals surface area contributed by atoms with Gasteiger partial charge in [0.25, 0.3) is 0 Å². The molecule has 0 spiro atoms. The third-order valence-electron chi connectivity index (χ3n) is 4.62. The van der Waals surface area contributed by atoms with Crippen LogP contribution in [0.1, 0.15) is 52.5 Å². The topological polar surface area (TPSA) is 70.7 Å². The Morgan fingerprint density at radius 2 is 1.89 bits per heavy atom. The Hall–Kier alpha value is -2.08. The molecule has 2 N–H and O–H groups in total. The van der Waals surface area contributed by atoms with E-state index in [-0.39, 0.29) is 11.9 Å². The minimum atomic E-state index is -0.510. The van der Waals surface area contributed by atoms with Gasteiger partial charge in [0.1, 0.15) is 5.60 Å². The number of carbonyl (C=O) groups is 2. The first-order valence-electron chi connectivity index (χ1n) is 9.86. The summed E-state index contributed by atoms with van der Waals surface area (Å²) in [5.41, 5.74) is 1.55. The maximum absolute atomic E-state index is 12.4. The fourth-order valence-corrected chi connectivity index (χ4v) is 3.22. The van der Waals surface area contributed by atoms with Crippen molar-refractivity contribution in [2.75, 3.05) is 25.0 Å². The van der Waals surface area contributed by atoms with E-state index in [2.05, 4.69) is 22.5 Å². The lowest BCUT2D eigenvalue weighted by Crippen LogP contribution is -2.49. The highest BCUT2D eigenvalue weighted by Gasteiger charge is 2.25. The van der Waals surface area contributed by atoms with Crippen LogP contribution in [-0.4, -0.2) is 48.2 Å². The largest absolute Gasteiger partial charge is 0.444 e. The minimum Gasteiger partial charge on any atom is -0.444 e. The predicted octanol–water partition coefficient (Wildman–Crippen LogP) is 3.57. The molecule has 1 unspecified atom stereocenters. The second-order valence-corrected chi connectivity index (χ2v) is 8.10. The number of benzene rings is 1. The number of likely N-dealkylation sites (tertiary alicyclic amines) is 1. The van der Waals surface area contributed by atoms with Crippen LogP contribution in [0.4, 0.5) is 10.5 Å². The molecule has 0 aliphatic carbocycles. The zero-order valence-corrected chi connectivity index (χ0v) is 17.0. The SMILES string of the molecule is CCc1ccc(NC(=O)CN2CCCCC2CNC(=O)OC(C)(C)C)cc1. The molecular weight excluding hydrogens is 342 g/mol. The lowest BCUT2D eigenvalue weighted by molar-refractivity contribution is -0.118. The molecule has 1 aromatic carbocycles. The molecule has 2 amide bonds. The molecule has 0 saturated carbocycles. The zero-order chi connectivity index (χ0) is 19.9.